The van der Waals surface area contributed by atoms with Crippen LogP contribution in [0.3, 0.4) is 0 Å². The molecule has 1 aliphatic carbocycles. The Labute approximate surface area is 137 Å². The Morgan fingerprint density at radius 2 is 1.95 bits per heavy atom. The molecule has 0 spiro atoms. The van der Waals surface area contributed by atoms with Crippen LogP contribution >= 0.6 is 23.2 Å². The number of anilines is 2. The fourth-order valence-corrected chi connectivity index (χ4v) is 4.37. The van der Waals surface area contributed by atoms with Gasteiger partial charge in [0.2, 0.25) is 0 Å². The molecular formula is C16H23Cl2N3. The summed E-state index contributed by atoms with van der Waals surface area (Å²) < 4.78 is 0. The van der Waals surface area contributed by atoms with Crippen molar-refractivity contribution >= 4 is 34.8 Å². The fourth-order valence-electron chi connectivity index (χ4n) is 3.84. The maximum atomic E-state index is 6.45. The maximum absolute atomic E-state index is 6.45. The zero-order chi connectivity index (χ0) is 14.8. The first kappa shape index (κ1) is 15.2. The van der Waals surface area contributed by atoms with E-state index in [0.717, 1.165) is 30.6 Å². The van der Waals surface area contributed by atoms with Crippen molar-refractivity contribution in [2.45, 2.75) is 51.5 Å². The summed E-state index contributed by atoms with van der Waals surface area (Å²) in [7, 11) is 0. The van der Waals surface area contributed by atoms with Gasteiger partial charge in [-0.15, -0.1) is 0 Å². The summed E-state index contributed by atoms with van der Waals surface area (Å²) in [6.07, 6.45) is 7.90. The zero-order valence-corrected chi connectivity index (χ0v) is 14.1. The highest BCUT2D eigenvalue weighted by Gasteiger charge is 2.34. The molecule has 2 heterocycles. The first-order valence-electron chi connectivity index (χ1n) is 8.07. The molecule has 2 unspecified atom stereocenters. The zero-order valence-electron chi connectivity index (χ0n) is 12.5. The van der Waals surface area contributed by atoms with E-state index in [1.807, 2.05) is 13.0 Å². The van der Waals surface area contributed by atoms with Gasteiger partial charge in [0.15, 0.2) is 0 Å². The van der Waals surface area contributed by atoms with Crippen molar-refractivity contribution < 1.29 is 0 Å². The lowest BCUT2D eigenvalue weighted by Gasteiger charge is -2.45. The van der Waals surface area contributed by atoms with Gasteiger partial charge in [0.1, 0.15) is 11.6 Å². The number of rotatable bonds is 3. The highest BCUT2D eigenvalue weighted by atomic mass is 35.5. The van der Waals surface area contributed by atoms with Gasteiger partial charge in [0.05, 0.1) is 10.0 Å². The number of piperidine rings is 1. The molecule has 1 saturated heterocycles. The summed E-state index contributed by atoms with van der Waals surface area (Å²) in [5.41, 5.74) is 0. The van der Waals surface area contributed by atoms with E-state index in [0.29, 0.717) is 16.1 Å². The highest BCUT2D eigenvalue weighted by molar-refractivity contribution is 6.37. The van der Waals surface area contributed by atoms with Crippen molar-refractivity contribution in [3.63, 3.8) is 0 Å². The summed E-state index contributed by atoms with van der Waals surface area (Å²) in [4.78, 5) is 7.16. The normalized spacial score (nSPS) is 25.6. The standard InChI is InChI=1S/C16H23Cl2N3/c1-2-19-15-12(17)10-13(18)16(20-15)21-9-5-7-11-6-3-4-8-14(11)21/h10-11,14H,2-9H2,1H3,(H,19,20). The number of fused-ring (bicyclic) bond motifs is 1. The third kappa shape index (κ3) is 3.09. The molecule has 2 fully saturated rings. The molecule has 21 heavy (non-hydrogen) atoms. The summed E-state index contributed by atoms with van der Waals surface area (Å²) in [5.74, 6) is 2.47. The second-order valence-corrected chi connectivity index (χ2v) is 6.92. The van der Waals surface area contributed by atoms with Crippen molar-refractivity contribution in [2.24, 2.45) is 5.92 Å². The summed E-state index contributed by atoms with van der Waals surface area (Å²) >= 11 is 12.7. The van der Waals surface area contributed by atoms with E-state index >= 15 is 0 Å². The molecule has 0 amide bonds. The molecule has 1 aromatic rings. The lowest BCUT2D eigenvalue weighted by atomic mass is 9.78. The number of nitrogens with zero attached hydrogens (tertiary/aromatic N) is 2. The second-order valence-electron chi connectivity index (χ2n) is 6.10. The van der Waals surface area contributed by atoms with Crippen molar-refractivity contribution in [1.82, 2.24) is 4.98 Å². The van der Waals surface area contributed by atoms with Gasteiger partial charge >= 0.3 is 0 Å². The van der Waals surface area contributed by atoms with Crippen molar-refractivity contribution in [3.05, 3.63) is 16.1 Å². The van der Waals surface area contributed by atoms with E-state index in [9.17, 15) is 0 Å². The highest BCUT2D eigenvalue weighted by Crippen LogP contribution is 2.40. The van der Waals surface area contributed by atoms with Crippen molar-refractivity contribution in [3.8, 4) is 0 Å². The first-order chi connectivity index (χ1) is 10.2. The van der Waals surface area contributed by atoms with E-state index in [2.05, 4.69) is 10.2 Å². The molecule has 2 aliphatic rings. The topological polar surface area (TPSA) is 28.2 Å². The minimum atomic E-state index is 0.600. The number of aromatic nitrogens is 1. The monoisotopic (exact) mass is 327 g/mol. The fraction of sp³-hybridized carbons (Fsp3) is 0.688. The molecule has 2 atom stereocenters. The Balaban J connectivity index is 1.92. The molecule has 1 aliphatic heterocycles. The number of halogens is 2. The van der Waals surface area contributed by atoms with Crippen LogP contribution in [0.15, 0.2) is 6.07 Å². The SMILES string of the molecule is CCNc1nc(N2CCCC3CCCCC32)c(Cl)cc1Cl. The van der Waals surface area contributed by atoms with E-state index in [1.54, 1.807) is 0 Å². The van der Waals surface area contributed by atoms with Gasteiger partial charge in [0, 0.05) is 19.1 Å². The molecule has 3 nitrogen and oxygen atoms in total. The first-order valence-corrected chi connectivity index (χ1v) is 8.83. The van der Waals surface area contributed by atoms with E-state index in [1.165, 1.54) is 38.5 Å². The Morgan fingerprint density at radius 1 is 1.19 bits per heavy atom. The van der Waals surface area contributed by atoms with Crippen LogP contribution in [0.2, 0.25) is 10.0 Å². The van der Waals surface area contributed by atoms with Crippen LogP contribution < -0.4 is 10.2 Å². The second kappa shape index (κ2) is 6.62. The van der Waals surface area contributed by atoms with Gasteiger partial charge in [-0.25, -0.2) is 4.98 Å². The average Bonchev–Trinajstić information content (AvgIpc) is 2.50. The lowest BCUT2D eigenvalue weighted by molar-refractivity contribution is 0.243. The van der Waals surface area contributed by atoms with Crippen LogP contribution in [0.25, 0.3) is 0 Å². The number of nitrogens with one attached hydrogen (secondary N) is 1. The minimum Gasteiger partial charge on any atom is -0.369 e. The van der Waals surface area contributed by atoms with Gasteiger partial charge < -0.3 is 10.2 Å². The smallest absolute Gasteiger partial charge is 0.150 e. The lowest BCUT2D eigenvalue weighted by Crippen LogP contribution is -2.47. The number of hydrogen-bond acceptors (Lipinski definition) is 3. The molecule has 1 aromatic heterocycles. The van der Waals surface area contributed by atoms with Crippen LogP contribution in [0, 0.1) is 5.92 Å². The molecule has 1 saturated carbocycles. The van der Waals surface area contributed by atoms with Crippen LogP contribution in [-0.2, 0) is 0 Å². The Kier molecular flexibility index (Phi) is 4.80. The summed E-state index contributed by atoms with van der Waals surface area (Å²) in [6.45, 7) is 3.91. The van der Waals surface area contributed by atoms with E-state index in [4.69, 9.17) is 28.2 Å². The quantitative estimate of drug-likeness (QED) is 0.848. The van der Waals surface area contributed by atoms with Gasteiger partial charge in [-0.05, 0) is 44.6 Å². The molecule has 0 aromatic carbocycles. The Hall–Kier alpha value is -0.670. The van der Waals surface area contributed by atoms with Gasteiger partial charge in [-0.1, -0.05) is 36.0 Å². The van der Waals surface area contributed by atoms with Crippen LogP contribution in [-0.4, -0.2) is 24.1 Å². The molecule has 0 bridgehead atoms. The summed E-state index contributed by atoms with van der Waals surface area (Å²) in [6, 6.07) is 2.43. The largest absolute Gasteiger partial charge is 0.369 e. The number of hydrogen-bond donors (Lipinski definition) is 1. The average molecular weight is 328 g/mol. The van der Waals surface area contributed by atoms with E-state index in [-0.39, 0.29) is 0 Å². The van der Waals surface area contributed by atoms with E-state index < -0.39 is 0 Å². The van der Waals surface area contributed by atoms with Gasteiger partial charge in [0.25, 0.3) is 0 Å². The molecule has 116 valence electrons. The minimum absolute atomic E-state index is 0.600. The van der Waals surface area contributed by atoms with Gasteiger partial charge in [-0.2, -0.15) is 0 Å². The van der Waals surface area contributed by atoms with Crippen molar-refractivity contribution in [1.29, 1.82) is 0 Å². The van der Waals surface area contributed by atoms with Crippen molar-refractivity contribution in [2.75, 3.05) is 23.3 Å². The predicted molar refractivity (Wildman–Crippen MR) is 90.7 cm³/mol. The molecule has 5 heteroatoms. The van der Waals surface area contributed by atoms with Crippen LogP contribution in [0.1, 0.15) is 45.4 Å². The summed E-state index contributed by atoms with van der Waals surface area (Å²) in [5, 5.41) is 4.50. The molecule has 3 rings (SSSR count). The third-order valence-corrected chi connectivity index (χ3v) is 5.34. The molecule has 0 radical (unpaired) electrons. The molecular weight excluding hydrogens is 305 g/mol. The van der Waals surface area contributed by atoms with Gasteiger partial charge in [-0.3, -0.25) is 0 Å². The molecule has 1 N–H and O–H groups in total. The number of pyridine rings is 1. The third-order valence-electron chi connectivity index (χ3n) is 4.77. The van der Waals surface area contributed by atoms with Crippen LogP contribution in [0.4, 0.5) is 11.6 Å². The predicted octanol–water partition coefficient (Wildman–Crippen LogP) is 4.98. The maximum Gasteiger partial charge on any atom is 0.150 e. The van der Waals surface area contributed by atoms with Crippen LogP contribution in [0.5, 0.6) is 0 Å². The Morgan fingerprint density at radius 3 is 2.76 bits per heavy atom. The Bertz CT molecular complexity index is 505.